The predicted molar refractivity (Wildman–Crippen MR) is 115 cm³/mol. The van der Waals surface area contributed by atoms with E-state index in [0.29, 0.717) is 17.6 Å². The standard InChI is InChI=1S/C22H26F3N5O3S/c1-34(26,33)16-11-15(6-10-30(16)32)27-20(31)19-17(22(23,24)25)18(13-3-4-13)28-29(19)12-14-5-9-21(14)7-2-8-21/h6,10-11,13-14,26,32H,2-5,7-9,12H2,1H3. The molecule has 3 aliphatic carbocycles. The van der Waals surface area contributed by atoms with Crippen molar-refractivity contribution in [1.29, 1.82) is 4.78 Å². The highest BCUT2D eigenvalue weighted by atomic mass is 32.2. The van der Waals surface area contributed by atoms with Gasteiger partial charge in [-0.2, -0.15) is 23.0 Å². The average molecular weight is 498 g/mol. The van der Waals surface area contributed by atoms with Crippen molar-refractivity contribution in [3.05, 3.63) is 40.6 Å². The topological polar surface area (TPSA) is 113 Å². The lowest BCUT2D eigenvalue weighted by Crippen LogP contribution is -2.47. The first-order valence-corrected chi connectivity index (χ1v) is 13.3. The number of pyridine rings is 1. The van der Waals surface area contributed by atoms with E-state index in [1.54, 1.807) is 0 Å². The number of amides is 1. The van der Waals surface area contributed by atoms with Gasteiger partial charge >= 0.3 is 6.18 Å². The largest absolute Gasteiger partial charge is 0.428 e. The van der Waals surface area contributed by atoms with Crippen LogP contribution >= 0.6 is 0 Å². The summed E-state index contributed by atoms with van der Waals surface area (Å²) in [6.45, 7) is 0.249. The molecule has 2 aromatic heterocycles. The van der Waals surface area contributed by atoms with Crippen molar-refractivity contribution in [3.63, 3.8) is 0 Å². The van der Waals surface area contributed by atoms with Crippen molar-refractivity contribution >= 4 is 15.6 Å². The van der Waals surface area contributed by atoms with Crippen LogP contribution in [0.25, 0.3) is 0 Å². The molecule has 2 atom stereocenters. The molecule has 0 aliphatic heterocycles. The minimum atomic E-state index is -4.76. The van der Waals surface area contributed by atoms with E-state index in [9.17, 15) is 27.4 Å². The molecule has 184 valence electrons. The fourth-order valence-electron chi connectivity index (χ4n) is 5.28. The third-order valence-electron chi connectivity index (χ3n) is 7.54. The minimum Gasteiger partial charge on any atom is -0.428 e. The lowest BCUT2D eigenvalue weighted by Gasteiger charge is -2.56. The summed E-state index contributed by atoms with van der Waals surface area (Å²) >= 11 is 0. The number of nitrogens with zero attached hydrogens (tertiary/aromatic N) is 4. The Kier molecular flexibility index (Phi) is 5.23. The zero-order chi connectivity index (χ0) is 24.5. The normalized spacial score (nSPS) is 23.9. The maximum atomic E-state index is 14.2. The molecule has 2 aromatic rings. The Hall–Kier alpha value is -2.63. The molecule has 12 heteroatoms. The maximum Gasteiger partial charge on any atom is 0.420 e. The SMILES string of the molecule is CS(=N)(=O)c1cc(=NC(=O)c2c(C(F)(F)F)c(C3CC3)nn2CC2CCC23CCC3)ccn1O. The Labute approximate surface area is 194 Å². The van der Waals surface area contributed by atoms with Gasteiger partial charge in [-0.25, -0.2) is 14.0 Å². The van der Waals surface area contributed by atoms with E-state index in [2.05, 4.69) is 10.1 Å². The van der Waals surface area contributed by atoms with Gasteiger partial charge in [0, 0.05) is 31.0 Å². The molecule has 3 aliphatic rings. The number of alkyl halides is 3. The molecule has 5 rings (SSSR count). The number of halogens is 3. The smallest absolute Gasteiger partial charge is 0.420 e. The van der Waals surface area contributed by atoms with E-state index < -0.39 is 33.1 Å². The molecule has 1 spiro atoms. The van der Waals surface area contributed by atoms with Gasteiger partial charge in [0.2, 0.25) is 0 Å². The lowest BCUT2D eigenvalue weighted by atomic mass is 9.50. The summed E-state index contributed by atoms with van der Waals surface area (Å²) in [7, 11) is -3.37. The first kappa shape index (κ1) is 23.1. The van der Waals surface area contributed by atoms with Crippen LogP contribution in [0.1, 0.15) is 72.6 Å². The predicted octanol–water partition coefficient (Wildman–Crippen LogP) is 4.17. The van der Waals surface area contributed by atoms with E-state index in [4.69, 9.17) is 4.78 Å². The van der Waals surface area contributed by atoms with Gasteiger partial charge in [0.1, 0.15) is 11.3 Å². The average Bonchev–Trinajstić information content (AvgIpc) is 3.44. The van der Waals surface area contributed by atoms with Crippen LogP contribution in [0.15, 0.2) is 28.3 Å². The molecule has 2 unspecified atom stereocenters. The first-order chi connectivity index (χ1) is 15.9. The molecule has 2 N–H and O–H groups in total. The number of nitrogens with one attached hydrogen (secondary N) is 1. The first-order valence-electron chi connectivity index (χ1n) is 11.3. The van der Waals surface area contributed by atoms with Crippen molar-refractivity contribution in [2.45, 2.75) is 68.6 Å². The van der Waals surface area contributed by atoms with Crippen molar-refractivity contribution in [2.24, 2.45) is 16.3 Å². The number of aromatic nitrogens is 3. The van der Waals surface area contributed by atoms with Gasteiger partial charge in [-0.3, -0.25) is 9.48 Å². The van der Waals surface area contributed by atoms with Crippen LogP contribution < -0.4 is 5.36 Å². The third kappa shape index (κ3) is 3.95. The molecule has 0 bridgehead atoms. The highest BCUT2D eigenvalue weighted by Crippen LogP contribution is 2.60. The van der Waals surface area contributed by atoms with Crippen molar-refractivity contribution in [2.75, 3.05) is 6.26 Å². The molecule has 3 fully saturated rings. The van der Waals surface area contributed by atoms with E-state index in [-0.39, 0.29) is 39.9 Å². The minimum absolute atomic E-state index is 0.0854. The molecule has 8 nitrogen and oxygen atoms in total. The Balaban J connectivity index is 1.61. The van der Waals surface area contributed by atoms with Gasteiger partial charge in [-0.05, 0) is 55.9 Å². The Bertz CT molecular complexity index is 1330. The van der Waals surface area contributed by atoms with E-state index in [0.717, 1.165) is 50.6 Å². The number of hydrogen-bond donors (Lipinski definition) is 2. The van der Waals surface area contributed by atoms with Crippen LogP contribution in [0.2, 0.25) is 0 Å². The Morgan fingerprint density at radius 2 is 2.03 bits per heavy atom. The fourth-order valence-corrected chi connectivity index (χ4v) is 6.05. The fraction of sp³-hybridized carbons (Fsp3) is 0.591. The highest BCUT2D eigenvalue weighted by Gasteiger charge is 2.52. The summed E-state index contributed by atoms with van der Waals surface area (Å²) in [5.41, 5.74) is -1.50. The number of rotatable bonds is 5. The van der Waals surface area contributed by atoms with Crippen molar-refractivity contribution < 1.29 is 27.4 Å². The summed E-state index contributed by atoms with van der Waals surface area (Å²) in [4.78, 5) is 17.1. The molecular formula is C22H26F3N5O3S. The van der Waals surface area contributed by atoms with Gasteiger partial charge in [0.15, 0.2) is 5.03 Å². The monoisotopic (exact) mass is 497 g/mol. The Morgan fingerprint density at radius 1 is 1.32 bits per heavy atom. The summed E-state index contributed by atoms with van der Waals surface area (Å²) in [6, 6.07) is 2.27. The van der Waals surface area contributed by atoms with Crippen LogP contribution in [0.3, 0.4) is 0 Å². The van der Waals surface area contributed by atoms with Gasteiger partial charge in [-0.1, -0.05) is 6.42 Å². The molecule has 34 heavy (non-hydrogen) atoms. The van der Waals surface area contributed by atoms with Crippen molar-refractivity contribution in [1.82, 2.24) is 14.5 Å². The molecule has 0 aromatic carbocycles. The van der Waals surface area contributed by atoms with E-state index in [1.807, 2.05) is 0 Å². The summed E-state index contributed by atoms with van der Waals surface area (Å²) in [5, 5.41) is 13.7. The van der Waals surface area contributed by atoms with Gasteiger partial charge < -0.3 is 5.21 Å². The van der Waals surface area contributed by atoms with E-state index in [1.165, 1.54) is 10.7 Å². The second-order valence-corrected chi connectivity index (χ2v) is 11.9. The molecule has 3 saturated carbocycles. The van der Waals surface area contributed by atoms with Crippen LogP contribution in [0.4, 0.5) is 13.2 Å². The number of carbonyl (C=O) groups excluding carboxylic acids is 1. The second-order valence-electron chi connectivity index (χ2n) is 9.84. The van der Waals surface area contributed by atoms with Gasteiger partial charge in [0.25, 0.3) is 5.91 Å². The third-order valence-corrected chi connectivity index (χ3v) is 8.65. The molecular weight excluding hydrogens is 471 g/mol. The maximum absolute atomic E-state index is 14.2. The molecule has 2 heterocycles. The van der Waals surface area contributed by atoms with Crippen LogP contribution in [-0.2, 0) is 22.5 Å². The lowest BCUT2D eigenvalue weighted by molar-refractivity contribution is -0.138. The van der Waals surface area contributed by atoms with Crippen LogP contribution in [0.5, 0.6) is 0 Å². The number of hydrogen-bond acceptors (Lipinski definition) is 5. The zero-order valence-corrected chi connectivity index (χ0v) is 19.5. The van der Waals surface area contributed by atoms with Gasteiger partial charge in [0.05, 0.1) is 20.8 Å². The molecule has 1 amide bonds. The molecule has 0 radical (unpaired) electrons. The highest BCUT2D eigenvalue weighted by molar-refractivity contribution is 7.91. The van der Waals surface area contributed by atoms with Gasteiger partial charge in [-0.15, -0.1) is 0 Å². The second kappa shape index (κ2) is 7.69. The Morgan fingerprint density at radius 3 is 2.53 bits per heavy atom. The van der Waals surface area contributed by atoms with Crippen LogP contribution in [0, 0.1) is 16.1 Å². The zero-order valence-electron chi connectivity index (χ0n) is 18.6. The van der Waals surface area contributed by atoms with Crippen molar-refractivity contribution in [3.8, 4) is 0 Å². The quantitative estimate of drug-likeness (QED) is 0.604. The van der Waals surface area contributed by atoms with Crippen LogP contribution in [-0.4, -0.2) is 36.1 Å². The summed E-state index contributed by atoms with van der Waals surface area (Å²) in [6.07, 6.45) is 3.77. The summed E-state index contributed by atoms with van der Waals surface area (Å²) in [5.74, 6) is -1.22. The number of carbonyl (C=O) groups is 1. The van der Waals surface area contributed by atoms with E-state index >= 15 is 0 Å². The molecule has 0 saturated heterocycles. The summed E-state index contributed by atoms with van der Waals surface area (Å²) < 4.78 is 64.1.